The highest BCUT2D eigenvalue weighted by Crippen LogP contribution is 2.22. The van der Waals surface area contributed by atoms with Gasteiger partial charge < -0.3 is 20.6 Å². The van der Waals surface area contributed by atoms with Gasteiger partial charge in [-0.25, -0.2) is 4.79 Å². The molecule has 0 aliphatic heterocycles. The van der Waals surface area contributed by atoms with Gasteiger partial charge in [-0.1, -0.05) is 30.3 Å². The number of anilines is 1. The van der Waals surface area contributed by atoms with Gasteiger partial charge in [0.15, 0.2) is 5.78 Å². The molecule has 0 saturated heterocycles. The topological polar surface area (TPSA) is 81.7 Å². The molecule has 0 aliphatic rings. The Kier molecular flexibility index (Phi) is 7.52. The number of amides is 2. The SMILES string of the molecule is CC(=O)c1ccc(NC(=O)NC[C@@H](CN(C)C)[C@@H](O)c2ccccc2)cc1. The molecule has 2 rings (SSSR count). The van der Waals surface area contributed by atoms with Gasteiger partial charge in [0.05, 0.1) is 6.10 Å². The number of ketones is 1. The van der Waals surface area contributed by atoms with E-state index in [1.807, 2.05) is 49.3 Å². The van der Waals surface area contributed by atoms with E-state index in [-0.39, 0.29) is 17.7 Å². The summed E-state index contributed by atoms with van der Waals surface area (Å²) in [7, 11) is 3.86. The molecule has 2 aromatic rings. The highest BCUT2D eigenvalue weighted by molar-refractivity contribution is 5.95. The number of aliphatic hydroxyl groups excluding tert-OH is 1. The minimum atomic E-state index is -0.677. The third kappa shape index (κ3) is 6.51. The van der Waals surface area contributed by atoms with E-state index in [1.54, 1.807) is 24.3 Å². The minimum Gasteiger partial charge on any atom is -0.388 e. The van der Waals surface area contributed by atoms with Crippen LogP contribution in [0.25, 0.3) is 0 Å². The van der Waals surface area contributed by atoms with Crippen LogP contribution in [0.5, 0.6) is 0 Å². The van der Waals surface area contributed by atoms with Gasteiger partial charge in [0.2, 0.25) is 0 Å². The first-order valence-corrected chi connectivity index (χ1v) is 8.90. The van der Waals surface area contributed by atoms with Crippen LogP contribution >= 0.6 is 0 Å². The van der Waals surface area contributed by atoms with E-state index in [0.717, 1.165) is 5.56 Å². The van der Waals surface area contributed by atoms with E-state index < -0.39 is 6.10 Å². The quantitative estimate of drug-likeness (QED) is 0.625. The van der Waals surface area contributed by atoms with Crippen LogP contribution in [-0.2, 0) is 0 Å². The largest absolute Gasteiger partial charge is 0.388 e. The lowest BCUT2D eigenvalue weighted by atomic mass is 9.95. The Bertz CT molecular complexity index is 745. The van der Waals surface area contributed by atoms with Crippen molar-refractivity contribution < 1.29 is 14.7 Å². The number of nitrogens with zero attached hydrogens (tertiary/aromatic N) is 1. The maximum atomic E-state index is 12.2. The third-order valence-corrected chi connectivity index (χ3v) is 4.26. The van der Waals surface area contributed by atoms with Crippen molar-refractivity contribution in [1.29, 1.82) is 0 Å². The number of hydrogen-bond acceptors (Lipinski definition) is 4. The average molecular weight is 369 g/mol. The van der Waals surface area contributed by atoms with Gasteiger partial charge in [-0.2, -0.15) is 0 Å². The van der Waals surface area contributed by atoms with Gasteiger partial charge in [0, 0.05) is 30.3 Å². The fourth-order valence-corrected chi connectivity index (χ4v) is 2.85. The molecule has 6 heteroatoms. The van der Waals surface area contributed by atoms with E-state index in [0.29, 0.717) is 24.3 Å². The average Bonchev–Trinajstić information content (AvgIpc) is 2.65. The highest BCUT2D eigenvalue weighted by Gasteiger charge is 2.22. The zero-order chi connectivity index (χ0) is 19.8. The summed E-state index contributed by atoms with van der Waals surface area (Å²) < 4.78 is 0. The molecule has 0 unspecified atom stereocenters. The highest BCUT2D eigenvalue weighted by atomic mass is 16.3. The van der Waals surface area contributed by atoms with Crippen molar-refractivity contribution in [2.45, 2.75) is 13.0 Å². The zero-order valence-electron chi connectivity index (χ0n) is 16.0. The van der Waals surface area contributed by atoms with Crippen LogP contribution in [0.3, 0.4) is 0 Å². The summed E-state index contributed by atoms with van der Waals surface area (Å²) >= 11 is 0. The fraction of sp³-hybridized carbons (Fsp3) is 0.333. The summed E-state index contributed by atoms with van der Waals surface area (Å²) in [6.07, 6.45) is -0.677. The maximum Gasteiger partial charge on any atom is 0.319 e. The molecule has 27 heavy (non-hydrogen) atoms. The molecule has 0 radical (unpaired) electrons. The van der Waals surface area contributed by atoms with Gasteiger partial charge in [-0.3, -0.25) is 4.79 Å². The summed E-state index contributed by atoms with van der Waals surface area (Å²) in [5.74, 6) is -0.180. The summed E-state index contributed by atoms with van der Waals surface area (Å²) in [6.45, 7) is 2.45. The van der Waals surface area contributed by atoms with Crippen molar-refractivity contribution in [3.8, 4) is 0 Å². The van der Waals surface area contributed by atoms with Crippen molar-refractivity contribution in [1.82, 2.24) is 10.2 Å². The van der Waals surface area contributed by atoms with Gasteiger partial charge in [-0.15, -0.1) is 0 Å². The van der Waals surface area contributed by atoms with E-state index >= 15 is 0 Å². The van der Waals surface area contributed by atoms with Gasteiger partial charge in [0.25, 0.3) is 0 Å². The predicted molar refractivity (Wildman–Crippen MR) is 107 cm³/mol. The molecule has 0 aromatic heterocycles. The van der Waals surface area contributed by atoms with Crippen molar-refractivity contribution in [3.63, 3.8) is 0 Å². The fourth-order valence-electron chi connectivity index (χ4n) is 2.85. The van der Waals surface area contributed by atoms with Crippen LogP contribution in [0, 0.1) is 5.92 Å². The summed E-state index contributed by atoms with van der Waals surface area (Å²) in [4.78, 5) is 25.5. The van der Waals surface area contributed by atoms with Gasteiger partial charge in [0.1, 0.15) is 0 Å². The number of aliphatic hydroxyl groups is 1. The molecule has 0 spiro atoms. The Morgan fingerprint density at radius 1 is 1.04 bits per heavy atom. The molecule has 2 aromatic carbocycles. The van der Waals surface area contributed by atoms with Gasteiger partial charge >= 0.3 is 6.03 Å². The second kappa shape index (κ2) is 9.85. The lowest BCUT2D eigenvalue weighted by molar-refractivity contribution is 0.0911. The van der Waals surface area contributed by atoms with Gasteiger partial charge in [-0.05, 0) is 50.8 Å². The van der Waals surface area contributed by atoms with E-state index in [1.165, 1.54) is 6.92 Å². The molecular formula is C21H27N3O3. The number of carbonyl (C=O) groups excluding carboxylic acids is 2. The monoisotopic (exact) mass is 369 g/mol. The molecule has 144 valence electrons. The van der Waals surface area contributed by atoms with Crippen molar-refractivity contribution in [2.75, 3.05) is 32.5 Å². The molecule has 0 fully saturated rings. The Morgan fingerprint density at radius 3 is 2.22 bits per heavy atom. The normalized spacial score (nSPS) is 13.1. The number of rotatable bonds is 8. The second-order valence-corrected chi connectivity index (χ2v) is 6.85. The van der Waals surface area contributed by atoms with E-state index in [2.05, 4.69) is 10.6 Å². The molecule has 2 amide bonds. The molecule has 0 saturated carbocycles. The first-order valence-electron chi connectivity index (χ1n) is 8.90. The molecule has 3 N–H and O–H groups in total. The number of carbonyl (C=O) groups is 2. The van der Waals surface area contributed by atoms with E-state index in [4.69, 9.17) is 0 Å². The lowest BCUT2D eigenvalue weighted by Gasteiger charge is -2.26. The van der Waals surface area contributed by atoms with Crippen LogP contribution in [0.4, 0.5) is 10.5 Å². The molecular weight excluding hydrogens is 342 g/mol. The lowest BCUT2D eigenvalue weighted by Crippen LogP contribution is -2.39. The van der Waals surface area contributed by atoms with Crippen LogP contribution in [-0.4, -0.2) is 49.0 Å². The number of urea groups is 1. The Balaban J connectivity index is 1.95. The zero-order valence-corrected chi connectivity index (χ0v) is 16.0. The summed E-state index contributed by atoms with van der Waals surface area (Å²) in [6, 6.07) is 15.8. The standard InChI is InChI=1S/C21H27N3O3/c1-15(25)16-9-11-19(12-10-16)23-21(27)22-13-18(14-24(2)3)20(26)17-7-5-4-6-8-17/h4-12,18,20,26H,13-14H2,1-3H3,(H2,22,23,27)/t18-,20-/m0/s1. The number of Topliss-reactive ketones (excluding diaryl/α,β-unsaturated/α-hetero) is 1. The number of nitrogens with one attached hydrogen (secondary N) is 2. The Morgan fingerprint density at radius 2 is 1.67 bits per heavy atom. The van der Waals surface area contributed by atoms with Crippen molar-refractivity contribution >= 4 is 17.5 Å². The Labute approximate surface area is 160 Å². The van der Waals surface area contributed by atoms with Crippen LogP contribution in [0.15, 0.2) is 54.6 Å². The molecule has 0 heterocycles. The van der Waals surface area contributed by atoms with Crippen LogP contribution in [0.1, 0.15) is 28.9 Å². The molecule has 2 atom stereocenters. The number of hydrogen-bond donors (Lipinski definition) is 3. The number of benzene rings is 2. The molecule has 6 nitrogen and oxygen atoms in total. The van der Waals surface area contributed by atoms with Crippen LogP contribution in [0.2, 0.25) is 0 Å². The summed E-state index contributed by atoms with van der Waals surface area (Å²) in [5.41, 5.74) is 2.02. The molecule has 0 bridgehead atoms. The summed E-state index contributed by atoms with van der Waals surface area (Å²) in [5, 5.41) is 16.2. The van der Waals surface area contributed by atoms with Crippen molar-refractivity contribution in [2.24, 2.45) is 5.92 Å². The third-order valence-electron chi connectivity index (χ3n) is 4.26. The first kappa shape index (κ1) is 20.6. The van der Waals surface area contributed by atoms with Crippen LogP contribution < -0.4 is 10.6 Å². The predicted octanol–water partition coefficient (Wildman–Crippen LogP) is 2.92. The van der Waals surface area contributed by atoms with E-state index in [9.17, 15) is 14.7 Å². The second-order valence-electron chi connectivity index (χ2n) is 6.85. The molecule has 0 aliphatic carbocycles. The first-order chi connectivity index (χ1) is 12.9. The maximum absolute atomic E-state index is 12.2. The minimum absolute atomic E-state index is 0.0209. The smallest absolute Gasteiger partial charge is 0.319 e. The van der Waals surface area contributed by atoms with Crippen molar-refractivity contribution in [3.05, 3.63) is 65.7 Å². The Hall–Kier alpha value is -2.70.